The molecule has 100 valence electrons. The van der Waals surface area contributed by atoms with Crippen molar-refractivity contribution in [1.29, 1.82) is 0 Å². The molecule has 2 rings (SSSR count). The Labute approximate surface area is 117 Å². The molecule has 1 aliphatic rings. The normalized spacial score (nSPS) is 20.7. The van der Waals surface area contributed by atoms with Crippen LogP contribution in [0, 0.1) is 5.92 Å². The Hall–Kier alpha value is -0.480. The molecule has 1 atom stereocenters. The van der Waals surface area contributed by atoms with Gasteiger partial charge in [0, 0.05) is 17.2 Å². The van der Waals surface area contributed by atoms with Crippen LogP contribution in [0.15, 0.2) is 12.1 Å². The van der Waals surface area contributed by atoms with Gasteiger partial charge in [-0.1, -0.05) is 23.2 Å². The van der Waals surface area contributed by atoms with E-state index in [9.17, 15) is 5.11 Å². The van der Waals surface area contributed by atoms with Gasteiger partial charge in [-0.2, -0.15) is 0 Å². The number of halogens is 2. The molecule has 3 nitrogen and oxygen atoms in total. The molecule has 0 bridgehead atoms. The Balaban J connectivity index is 2.36. The van der Waals surface area contributed by atoms with E-state index in [-0.39, 0.29) is 5.75 Å². The Morgan fingerprint density at radius 3 is 2.44 bits per heavy atom. The molecule has 0 aromatic heterocycles. The van der Waals surface area contributed by atoms with Crippen molar-refractivity contribution >= 4 is 23.2 Å². The summed E-state index contributed by atoms with van der Waals surface area (Å²) in [6.45, 7) is 3.86. The second-order valence-electron chi connectivity index (χ2n) is 5.09. The number of hydrogen-bond donors (Lipinski definition) is 3. The summed E-state index contributed by atoms with van der Waals surface area (Å²) < 4.78 is 0. The van der Waals surface area contributed by atoms with Crippen LogP contribution in [0.5, 0.6) is 5.75 Å². The summed E-state index contributed by atoms with van der Waals surface area (Å²) in [5.41, 5.74) is 6.52. The minimum absolute atomic E-state index is 0.118. The third kappa shape index (κ3) is 2.59. The summed E-state index contributed by atoms with van der Waals surface area (Å²) in [5.74, 6) is 0.440. The van der Waals surface area contributed by atoms with Crippen LogP contribution in [0.4, 0.5) is 0 Å². The Morgan fingerprint density at radius 2 is 1.83 bits per heavy atom. The van der Waals surface area contributed by atoms with Gasteiger partial charge in [0.05, 0.1) is 10.0 Å². The predicted molar refractivity (Wildman–Crippen MR) is 75.3 cm³/mol. The van der Waals surface area contributed by atoms with Crippen molar-refractivity contribution in [2.75, 3.05) is 13.1 Å². The lowest BCUT2D eigenvalue weighted by molar-refractivity contribution is 0.229. The van der Waals surface area contributed by atoms with Gasteiger partial charge < -0.3 is 16.2 Å². The monoisotopic (exact) mass is 288 g/mol. The van der Waals surface area contributed by atoms with Crippen LogP contribution in [0.2, 0.25) is 10.0 Å². The maximum atomic E-state index is 10.0. The van der Waals surface area contributed by atoms with Crippen molar-refractivity contribution < 1.29 is 5.11 Å². The van der Waals surface area contributed by atoms with Crippen molar-refractivity contribution in [2.45, 2.75) is 25.3 Å². The van der Waals surface area contributed by atoms with Crippen molar-refractivity contribution in [3.05, 3.63) is 27.7 Å². The van der Waals surface area contributed by atoms with Gasteiger partial charge in [0.25, 0.3) is 0 Å². The molecule has 1 heterocycles. The van der Waals surface area contributed by atoms with Crippen LogP contribution in [-0.4, -0.2) is 18.2 Å². The fourth-order valence-corrected chi connectivity index (χ4v) is 2.93. The summed E-state index contributed by atoms with van der Waals surface area (Å²) in [5, 5.41) is 14.1. The third-order valence-electron chi connectivity index (χ3n) is 3.81. The first kappa shape index (κ1) is 13.9. The van der Waals surface area contributed by atoms with Crippen molar-refractivity contribution in [1.82, 2.24) is 5.32 Å². The molecule has 1 aliphatic heterocycles. The van der Waals surface area contributed by atoms with Crippen LogP contribution in [0.25, 0.3) is 0 Å². The summed E-state index contributed by atoms with van der Waals surface area (Å²) in [6, 6.07) is 3.15. The van der Waals surface area contributed by atoms with E-state index in [0.717, 1.165) is 25.9 Å². The first-order valence-corrected chi connectivity index (χ1v) is 6.86. The minimum atomic E-state index is -0.597. The number of aromatic hydroxyl groups is 1. The molecule has 1 saturated heterocycles. The molecule has 0 radical (unpaired) electrons. The molecular weight excluding hydrogens is 271 g/mol. The maximum absolute atomic E-state index is 10.0. The molecule has 0 spiro atoms. The number of phenols is 1. The number of rotatable bonds is 2. The molecular formula is C13H18Cl2N2O. The highest BCUT2D eigenvalue weighted by Crippen LogP contribution is 2.40. The number of phenolic OH excluding ortho intramolecular Hbond substituents is 1. The molecule has 0 amide bonds. The molecule has 1 aromatic rings. The van der Waals surface area contributed by atoms with Crippen LogP contribution < -0.4 is 11.1 Å². The summed E-state index contributed by atoms with van der Waals surface area (Å²) in [7, 11) is 0. The highest BCUT2D eigenvalue weighted by atomic mass is 35.5. The lowest BCUT2D eigenvalue weighted by atomic mass is 9.75. The maximum Gasteiger partial charge on any atom is 0.122 e. The van der Waals surface area contributed by atoms with E-state index in [1.54, 1.807) is 6.07 Å². The highest BCUT2D eigenvalue weighted by molar-refractivity contribution is 6.42. The minimum Gasteiger partial charge on any atom is -0.508 e. The van der Waals surface area contributed by atoms with Gasteiger partial charge in [0.15, 0.2) is 0 Å². The number of piperidine rings is 1. The van der Waals surface area contributed by atoms with E-state index in [0.29, 0.717) is 21.5 Å². The molecule has 1 aromatic carbocycles. The fourth-order valence-electron chi connectivity index (χ4n) is 2.61. The molecule has 4 N–H and O–H groups in total. The van der Waals surface area contributed by atoms with E-state index < -0.39 is 5.54 Å². The fraction of sp³-hybridized carbons (Fsp3) is 0.538. The predicted octanol–water partition coefficient (Wildman–Crippen LogP) is 2.87. The van der Waals surface area contributed by atoms with Crippen LogP contribution in [0.1, 0.15) is 25.3 Å². The van der Waals surface area contributed by atoms with Gasteiger partial charge in [-0.05, 0) is 44.8 Å². The highest BCUT2D eigenvalue weighted by Gasteiger charge is 2.35. The van der Waals surface area contributed by atoms with Crippen molar-refractivity contribution in [3.8, 4) is 5.75 Å². The van der Waals surface area contributed by atoms with Crippen LogP contribution in [-0.2, 0) is 5.54 Å². The number of benzene rings is 1. The lowest BCUT2D eigenvalue weighted by Gasteiger charge is -2.38. The third-order valence-corrected chi connectivity index (χ3v) is 4.53. The molecule has 0 saturated carbocycles. The molecule has 0 aliphatic carbocycles. The Bertz CT molecular complexity index is 443. The van der Waals surface area contributed by atoms with Gasteiger partial charge in [-0.15, -0.1) is 0 Å². The van der Waals surface area contributed by atoms with Crippen molar-refractivity contribution in [3.63, 3.8) is 0 Å². The SMILES string of the molecule is CC(N)(c1cc(Cl)c(Cl)cc1O)C1CCNCC1. The standard InChI is InChI=1S/C13H18Cl2N2O/c1-13(16,8-2-4-17-5-3-8)9-6-10(14)11(15)7-12(9)18/h6-8,17-18H,2-5,16H2,1H3. The van der Waals surface area contributed by atoms with Gasteiger partial charge in [-0.25, -0.2) is 0 Å². The quantitative estimate of drug-likeness (QED) is 0.784. The van der Waals surface area contributed by atoms with Crippen LogP contribution in [0.3, 0.4) is 0 Å². The second-order valence-corrected chi connectivity index (χ2v) is 5.90. The van der Waals surface area contributed by atoms with Crippen LogP contribution >= 0.6 is 23.2 Å². The van der Waals surface area contributed by atoms with Gasteiger partial charge in [0.1, 0.15) is 5.75 Å². The molecule has 1 unspecified atom stereocenters. The first-order valence-electron chi connectivity index (χ1n) is 6.11. The lowest BCUT2D eigenvalue weighted by Crippen LogP contribution is -2.46. The van der Waals surface area contributed by atoms with E-state index in [2.05, 4.69) is 5.32 Å². The number of nitrogens with two attached hydrogens (primary N) is 1. The zero-order valence-corrected chi connectivity index (χ0v) is 11.9. The first-order chi connectivity index (χ1) is 8.43. The van der Waals surface area contributed by atoms with Gasteiger partial charge in [0.2, 0.25) is 0 Å². The van der Waals surface area contributed by atoms with Crippen molar-refractivity contribution in [2.24, 2.45) is 11.7 Å². The topological polar surface area (TPSA) is 58.3 Å². The largest absolute Gasteiger partial charge is 0.508 e. The zero-order valence-electron chi connectivity index (χ0n) is 10.3. The smallest absolute Gasteiger partial charge is 0.122 e. The molecule has 1 fully saturated rings. The zero-order chi connectivity index (χ0) is 13.3. The van der Waals surface area contributed by atoms with E-state index in [4.69, 9.17) is 28.9 Å². The second kappa shape index (κ2) is 5.25. The average molecular weight is 289 g/mol. The van der Waals surface area contributed by atoms with E-state index >= 15 is 0 Å². The Morgan fingerprint density at radius 1 is 1.28 bits per heavy atom. The summed E-state index contributed by atoms with van der Waals surface area (Å²) in [4.78, 5) is 0. The summed E-state index contributed by atoms with van der Waals surface area (Å²) >= 11 is 11.9. The molecule has 18 heavy (non-hydrogen) atoms. The van der Waals surface area contributed by atoms with Gasteiger partial charge in [-0.3, -0.25) is 0 Å². The Kier molecular flexibility index (Phi) is 4.07. The van der Waals surface area contributed by atoms with Gasteiger partial charge >= 0.3 is 0 Å². The number of nitrogens with one attached hydrogen (secondary N) is 1. The average Bonchev–Trinajstić information content (AvgIpc) is 2.34. The van der Waals surface area contributed by atoms with E-state index in [1.807, 2.05) is 6.92 Å². The number of hydrogen-bond acceptors (Lipinski definition) is 3. The summed E-state index contributed by atoms with van der Waals surface area (Å²) in [6.07, 6.45) is 1.99. The molecule has 5 heteroatoms. The van der Waals surface area contributed by atoms with E-state index in [1.165, 1.54) is 6.07 Å².